The molecule has 576 valence electrons. The summed E-state index contributed by atoms with van der Waals surface area (Å²) in [6, 6.07) is 0. The van der Waals surface area contributed by atoms with E-state index in [-0.39, 0.29) is 25.7 Å². The van der Waals surface area contributed by atoms with Crippen molar-refractivity contribution in [3.05, 3.63) is 0 Å². The van der Waals surface area contributed by atoms with Gasteiger partial charge in [-0.2, -0.15) is 0 Å². The van der Waals surface area contributed by atoms with E-state index in [0.29, 0.717) is 25.7 Å². The number of aliphatic hydroxyl groups is 1. The van der Waals surface area contributed by atoms with Crippen LogP contribution in [0.5, 0.6) is 0 Å². The number of rotatable bonds is 76. The maximum atomic E-state index is 13.1. The number of carbonyl (C=O) groups excluding carboxylic acids is 4. The third-order valence-electron chi connectivity index (χ3n) is 18.5. The zero-order valence-electron chi connectivity index (χ0n) is 63.5. The van der Waals surface area contributed by atoms with Crippen molar-refractivity contribution in [3.8, 4) is 0 Å². The SMILES string of the molecule is CCCCCCCCCCCCCCCCCCCCC(=O)O[C@H](COC(=O)CCCCCCCCCCCCCC(C)C)COP(=O)(O)OC[C@@H](O)COP(=O)(O)OC[C@@H](COC(=O)CCCCCCCCCCC(C)CC)OC(=O)CCCCCCCCCCCCC(C)C. The summed E-state index contributed by atoms with van der Waals surface area (Å²) in [5, 5.41) is 10.6. The number of hydrogen-bond donors (Lipinski definition) is 3. The van der Waals surface area contributed by atoms with Gasteiger partial charge in [0, 0.05) is 25.7 Å². The molecule has 0 aromatic heterocycles. The second-order valence-corrected chi connectivity index (χ2v) is 32.2. The van der Waals surface area contributed by atoms with Crippen LogP contribution in [0, 0.1) is 17.8 Å². The molecule has 6 atom stereocenters. The summed E-state index contributed by atoms with van der Waals surface area (Å²) in [7, 11) is -9.92. The molecule has 0 aliphatic carbocycles. The van der Waals surface area contributed by atoms with Crippen molar-refractivity contribution in [1.82, 2.24) is 0 Å². The van der Waals surface area contributed by atoms with Gasteiger partial charge in [-0.3, -0.25) is 37.3 Å². The molecule has 0 heterocycles. The third kappa shape index (κ3) is 70.9. The summed E-state index contributed by atoms with van der Waals surface area (Å²) >= 11 is 0. The summed E-state index contributed by atoms with van der Waals surface area (Å²) in [6.45, 7) is 11.9. The van der Waals surface area contributed by atoms with Crippen molar-refractivity contribution >= 4 is 39.5 Å². The number of carbonyl (C=O) groups is 4. The molecule has 0 aromatic rings. The number of esters is 4. The van der Waals surface area contributed by atoms with E-state index in [0.717, 1.165) is 108 Å². The van der Waals surface area contributed by atoms with Crippen molar-refractivity contribution in [3.63, 3.8) is 0 Å². The highest BCUT2D eigenvalue weighted by molar-refractivity contribution is 7.47. The molecule has 0 amide bonds. The number of hydrogen-bond acceptors (Lipinski definition) is 15. The van der Waals surface area contributed by atoms with Gasteiger partial charge >= 0.3 is 39.5 Å². The fourth-order valence-electron chi connectivity index (χ4n) is 11.9. The number of aliphatic hydroxyl groups excluding tert-OH is 1. The van der Waals surface area contributed by atoms with Crippen molar-refractivity contribution in [2.24, 2.45) is 17.8 Å². The zero-order chi connectivity index (χ0) is 71.6. The first kappa shape index (κ1) is 95.1. The monoisotopic (exact) mass is 1420 g/mol. The van der Waals surface area contributed by atoms with Crippen LogP contribution in [0.2, 0.25) is 0 Å². The molecule has 3 N–H and O–H groups in total. The van der Waals surface area contributed by atoms with Gasteiger partial charge in [0.25, 0.3) is 0 Å². The van der Waals surface area contributed by atoms with Gasteiger partial charge in [0.2, 0.25) is 0 Å². The average molecular weight is 1420 g/mol. The molecule has 0 aromatic carbocycles. The predicted octanol–water partition coefficient (Wildman–Crippen LogP) is 23.0. The Balaban J connectivity index is 5.26. The van der Waals surface area contributed by atoms with Gasteiger partial charge in [-0.15, -0.1) is 0 Å². The molecule has 0 radical (unpaired) electrons. The number of phosphoric acid groups is 2. The zero-order valence-corrected chi connectivity index (χ0v) is 65.3. The molecule has 19 heteroatoms. The molecule has 0 bridgehead atoms. The van der Waals surface area contributed by atoms with E-state index in [2.05, 4.69) is 48.5 Å². The molecular weight excluding hydrogens is 1270 g/mol. The Morgan fingerprint density at radius 2 is 0.526 bits per heavy atom. The fourth-order valence-corrected chi connectivity index (χ4v) is 13.5. The minimum absolute atomic E-state index is 0.105. The van der Waals surface area contributed by atoms with Crippen molar-refractivity contribution < 1.29 is 80.2 Å². The summed E-state index contributed by atoms with van der Waals surface area (Å²) in [5.41, 5.74) is 0. The lowest BCUT2D eigenvalue weighted by Crippen LogP contribution is -2.30. The Labute approximate surface area is 594 Å². The molecule has 0 saturated heterocycles. The van der Waals surface area contributed by atoms with Gasteiger partial charge in [-0.1, -0.05) is 350 Å². The lowest BCUT2D eigenvalue weighted by atomic mass is 9.99. The van der Waals surface area contributed by atoms with Crippen molar-refractivity contribution in [2.45, 2.75) is 420 Å². The lowest BCUT2D eigenvalue weighted by Gasteiger charge is -2.21. The van der Waals surface area contributed by atoms with Gasteiger partial charge < -0.3 is 33.8 Å². The Morgan fingerprint density at radius 1 is 0.299 bits per heavy atom. The summed E-state index contributed by atoms with van der Waals surface area (Å²) in [5.74, 6) is 0.186. The van der Waals surface area contributed by atoms with Crippen LogP contribution >= 0.6 is 15.6 Å². The van der Waals surface area contributed by atoms with Crippen LogP contribution in [0.1, 0.15) is 402 Å². The van der Waals surface area contributed by atoms with E-state index >= 15 is 0 Å². The standard InChI is InChI=1S/C78H152O17P2/c1-8-10-11-12-13-14-15-16-17-18-19-20-21-24-31-40-47-54-61-77(82)94-73(65-88-75(80)59-52-45-38-30-25-22-23-28-35-42-49-56-69(3)4)67-92-96(84,85)90-63-72(79)64-91-97(86,87)93-68-74(66-89-76(81)60-53-46-39-34-33-37-44-51-58-71(7)9-2)95-78(83)62-55-48-41-32-27-26-29-36-43-50-57-70(5)6/h69-74,79H,8-68H2,1-7H3,(H,84,85)(H,86,87)/t71?,72-,73-,74-/m1/s1. The smallest absolute Gasteiger partial charge is 0.462 e. The molecular formula is C78H152O17P2. The molecule has 0 saturated carbocycles. The first-order chi connectivity index (χ1) is 46.8. The van der Waals surface area contributed by atoms with Crippen LogP contribution in [-0.4, -0.2) is 96.7 Å². The lowest BCUT2D eigenvalue weighted by molar-refractivity contribution is -0.161. The van der Waals surface area contributed by atoms with E-state index in [1.165, 1.54) is 212 Å². The maximum Gasteiger partial charge on any atom is 0.472 e. The minimum atomic E-state index is -4.96. The second-order valence-electron chi connectivity index (χ2n) is 29.3. The van der Waals surface area contributed by atoms with E-state index < -0.39 is 97.5 Å². The maximum absolute atomic E-state index is 13.1. The van der Waals surface area contributed by atoms with Crippen LogP contribution in [0.15, 0.2) is 0 Å². The van der Waals surface area contributed by atoms with E-state index in [1.807, 2.05) is 0 Å². The summed E-state index contributed by atoms with van der Waals surface area (Å²) in [6.07, 6.45) is 55.4. The quantitative estimate of drug-likeness (QED) is 0.0222. The van der Waals surface area contributed by atoms with Crippen LogP contribution in [0.3, 0.4) is 0 Å². The highest BCUT2D eigenvalue weighted by atomic mass is 31.2. The number of phosphoric ester groups is 2. The molecule has 0 aliphatic rings. The molecule has 97 heavy (non-hydrogen) atoms. The molecule has 0 spiro atoms. The Bertz CT molecular complexity index is 1890. The Kier molecular flexibility index (Phi) is 67.1. The van der Waals surface area contributed by atoms with E-state index in [4.69, 9.17) is 37.0 Å². The van der Waals surface area contributed by atoms with Gasteiger partial charge in [-0.25, -0.2) is 9.13 Å². The largest absolute Gasteiger partial charge is 0.472 e. The summed E-state index contributed by atoms with van der Waals surface area (Å²) in [4.78, 5) is 72.9. The molecule has 0 rings (SSSR count). The van der Waals surface area contributed by atoms with E-state index in [9.17, 15) is 43.2 Å². The Morgan fingerprint density at radius 3 is 0.784 bits per heavy atom. The summed E-state index contributed by atoms with van der Waals surface area (Å²) < 4.78 is 68.6. The van der Waals surface area contributed by atoms with Crippen LogP contribution < -0.4 is 0 Å². The molecule has 0 fully saturated rings. The highest BCUT2D eigenvalue weighted by Crippen LogP contribution is 2.45. The van der Waals surface area contributed by atoms with Crippen LogP contribution in [0.25, 0.3) is 0 Å². The van der Waals surface area contributed by atoms with Crippen molar-refractivity contribution in [1.29, 1.82) is 0 Å². The second kappa shape index (κ2) is 68.5. The van der Waals surface area contributed by atoms with Crippen LogP contribution in [-0.2, 0) is 65.4 Å². The highest BCUT2D eigenvalue weighted by Gasteiger charge is 2.30. The minimum Gasteiger partial charge on any atom is -0.462 e. The third-order valence-corrected chi connectivity index (χ3v) is 20.4. The first-order valence-corrected chi connectivity index (χ1v) is 43.4. The van der Waals surface area contributed by atoms with E-state index in [1.54, 1.807) is 0 Å². The molecule has 0 aliphatic heterocycles. The van der Waals surface area contributed by atoms with Gasteiger partial charge in [0.15, 0.2) is 12.2 Å². The first-order valence-electron chi connectivity index (χ1n) is 40.4. The van der Waals surface area contributed by atoms with Gasteiger partial charge in [-0.05, 0) is 43.4 Å². The van der Waals surface area contributed by atoms with Crippen molar-refractivity contribution in [2.75, 3.05) is 39.6 Å². The predicted molar refractivity (Wildman–Crippen MR) is 395 cm³/mol. The molecule has 3 unspecified atom stereocenters. The fraction of sp³-hybridized carbons (Fsp3) is 0.949. The average Bonchev–Trinajstić information content (AvgIpc) is 1.19. The normalized spacial score (nSPS) is 14.3. The molecule has 17 nitrogen and oxygen atoms in total. The van der Waals surface area contributed by atoms with Gasteiger partial charge in [0.1, 0.15) is 19.3 Å². The number of ether oxygens (including phenoxy) is 4. The van der Waals surface area contributed by atoms with Crippen LogP contribution in [0.4, 0.5) is 0 Å². The Hall–Kier alpha value is -1.94. The number of unbranched alkanes of at least 4 members (excludes halogenated alkanes) is 43. The topological polar surface area (TPSA) is 237 Å². The van der Waals surface area contributed by atoms with Gasteiger partial charge in [0.05, 0.1) is 26.4 Å².